The van der Waals surface area contributed by atoms with Gasteiger partial charge in [-0.1, -0.05) is 31.5 Å². The first kappa shape index (κ1) is 14.0. The number of unbranched alkanes of at least 4 members (excludes halogenated alkanes) is 1. The van der Waals surface area contributed by atoms with E-state index in [1.807, 2.05) is 35.2 Å². The van der Waals surface area contributed by atoms with Gasteiger partial charge in [-0.2, -0.15) is 5.10 Å². The molecule has 0 spiro atoms. The zero-order valence-electron chi connectivity index (χ0n) is 11.4. The van der Waals surface area contributed by atoms with E-state index in [1.165, 1.54) is 12.3 Å². The molecule has 0 fully saturated rings. The largest absolute Gasteiger partial charge is 0.478 e. The molecule has 20 heavy (non-hydrogen) atoms. The average molecular weight is 271 g/mol. The molecule has 0 radical (unpaired) electrons. The second-order valence-corrected chi connectivity index (χ2v) is 4.41. The Balaban J connectivity index is 2.44. The molecule has 0 saturated carbocycles. The van der Waals surface area contributed by atoms with Gasteiger partial charge in [0.05, 0.1) is 6.20 Å². The second kappa shape index (κ2) is 6.65. The summed E-state index contributed by atoms with van der Waals surface area (Å²) in [6.07, 6.45) is 3.37. The Bertz CT molecular complexity index is 572. The minimum absolute atomic E-state index is 0.167. The van der Waals surface area contributed by atoms with E-state index in [0.29, 0.717) is 12.4 Å². The van der Waals surface area contributed by atoms with Crippen LogP contribution < -0.4 is 4.90 Å². The van der Waals surface area contributed by atoms with Crippen LogP contribution in [0.5, 0.6) is 0 Å². The number of aromatic nitrogens is 2. The van der Waals surface area contributed by atoms with Gasteiger partial charge in [0.15, 0.2) is 5.82 Å². The first-order valence-electron chi connectivity index (χ1n) is 6.61. The van der Waals surface area contributed by atoms with Crippen molar-refractivity contribution < 1.29 is 9.90 Å². The lowest BCUT2D eigenvalue weighted by molar-refractivity contribution is 0.0697. The van der Waals surface area contributed by atoms with Gasteiger partial charge in [0, 0.05) is 12.2 Å². The average Bonchev–Trinajstić information content (AvgIpc) is 2.49. The highest BCUT2D eigenvalue weighted by Gasteiger charge is 2.18. The van der Waals surface area contributed by atoms with Crippen molar-refractivity contribution in [3.8, 4) is 0 Å². The Labute approximate surface area is 117 Å². The topological polar surface area (TPSA) is 66.3 Å². The predicted octanol–water partition coefficient (Wildman–Crippen LogP) is 3.11. The molecule has 5 heteroatoms. The van der Waals surface area contributed by atoms with Crippen LogP contribution in [0.1, 0.15) is 30.1 Å². The SMILES string of the molecule is CCCCN(c1ccccc1)c1nnccc1C(=O)O. The molecular weight excluding hydrogens is 254 g/mol. The molecule has 0 aliphatic heterocycles. The van der Waals surface area contributed by atoms with Gasteiger partial charge in [-0.05, 0) is 24.6 Å². The fourth-order valence-electron chi connectivity index (χ4n) is 1.97. The van der Waals surface area contributed by atoms with Crippen molar-refractivity contribution in [3.63, 3.8) is 0 Å². The molecule has 2 aromatic rings. The van der Waals surface area contributed by atoms with Gasteiger partial charge in [-0.15, -0.1) is 5.10 Å². The fourth-order valence-corrected chi connectivity index (χ4v) is 1.97. The highest BCUT2D eigenvalue weighted by molar-refractivity contribution is 5.94. The molecule has 5 nitrogen and oxygen atoms in total. The van der Waals surface area contributed by atoms with Gasteiger partial charge in [0.2, 0.25) is 0 Å². The number of hydrogen-bond donors (Lipinski definition) is 1. The molecule has 0 amide bonds. The van der Waals surface area contributed by atoms with Gasteiger partial charge in [0.25, 0.3) is 0 Å². The molecule has 1 aromatic heterocycles. The lowest BCUT2D eigenvalue weighted by atomic mass is 10.2. The zero-order valence-corrected chi connectivity index (χ0v) is 11.4. The smallest absolute Gasteiger partial charge is 0.339 e. The molecular formula is C15H17N3O2. The van der Waals surface area contributed by atoms with Crippen LogP contribution in [-0.2, 0) is 0 Å². The maximum absolute atomic E-state index is 11.3. The summed E-state index contributed by atoms with van der Waals surface area (Å²) in [6, 6.07) is 11.1. The number of benzene rings is 1. The Hall–Kier alpha value is -2.43. The van der Waals surface area contributed by atoms with Crippen molar-refractivity contribution in [2.75, 3.05) is 11.4 Å². The summed E-state index contributed by atoms with van der Waals surface area (Å²) in [5, 5.41) is 17.1. The third kappa shape index (κ3) is 3.12. The molecule has 2 rings (SSSR count). The van der Waals surface area contributed by atoms with E-state index in [0.717, 1.165) is 18.5 Å². The minimum Gasteiger partial charge on any atom is -0.478 e. The van der Waals surface area contributed by atoms with Crippen molar-refractivity contribution in [3.05, 3.63) is 48.2 Å². The van der Waals surface area contributed by atoms with Crippen molar-refractivity contribution in [1.29, 1.82) is 0 Å². The number of carboxylic acid groups (broad SMARTS) is 1. The maximum atomic E-state index is 11.3. The van der Waals surface area contributed by atoms with Gasteiger partial charge >= 0.3 is 5.97 Å². The summed E-state index contributed by atoms with van der Waals surface area (Å²) in [5.74, 6) is -0.605. The summed E-state index contributed by atoms with van der Waals surface area (Å²) < 4.78 is 0. The standard InChI is InChI=1S/C15H17N3O2/c1-2-3-11-18(12-7-5-4-6-8-12)14-13(15(19)20)9-10-16-17-14/h4-10H,2-3,11H2,1H3,(H,19,20). The second-order valence-electron chi connectivity index (χ2n) is 4.41. The predicted molar refractivity (Wildman–Crippen MR) is 77.3 cm³/mol. The van der Waals surface area contributed by atoms with Gasteiger partial charge in [-0.3, -0.25) is 0 Å². The number of hydrogen-bond acceptors (Lipinski definition) is 4. The molecule has 0 bridgehead atoms. The number of carbonyl (C=O) groups is 1. The minimum atomic E-state index is -0.993. The number of rotatable bonds is 6. The van der Waals surface area contributed by atoms with Crippen LogP contribution >= 0.6 is 0 Å². The van der Waals surface area contributed by atoms with Crippen molar-refractivity contribution in [1.82, 2.24) is 10.2 Å². The number of aromatic carboxylic acids is 1. The summed E-state index contributed by atoms with van der Waals surface area (Å²) in [6.45, 7) is 2.80. The van der Waals surface area contributed by atoms with E-state index in [1.54, 1.807) is 0 Å². The molecule has 104 valence electrons. The first-order valence-corrected chi connectivity index (χ1v) is 6.61. The number of carboxylic acids is 1. The molecule has 0 aliphatic rings. The third-order valence-corrected chi connectivity index (χ3v) is 2.99. The summed E-state index contributed by atoms with van der Waals surface area (Å²) in [7, 11) is 0. The molecule has 0 aliphatic carbocycles. The van der Waals surface area contributed by atoms with E-state index < -0.39 is 5.97 Å². The van der Waals surface area contributed by atoms with E-state index in [9.17, 15) is 9.90 Å². The summed E-state index contributed by atoms with van der Waals surface area (Å²) in [4.78, 5) is 13.2. The zero-order chi connectivity index (χ0) is 14.4. The highest BCUT2D eigenvalue weighted by atomic mass is 16.4. The van der Waals surface area contributed by atoms with Crippen LogP contribution in [0.2, 0.25) is 0 Å². The first-order chi connectivity index (χ1) is 9.74. The Morgan fingerprint density at radius 1 is 1.25 bits per heavy atom. The van der Waals surface area contributed by atoms with Gasteiger partial charge in [0.1, 0.15) is 5.56 Å². The number of anilines is 2. The number of nitrogens with zero attached hydrogens (tertiary/aromatic N) is 3. The Kier molecular flexibility index (Phi) is 4.65. The van der Waals surface area contributed by atoms with Crippen LogP contribution in [0.3, 0.4) is 0 Å². The van der Waals surface area contributed by atoms with E-state index >= 15 is 0 Å². The van der Waals surface area contributed by atoms with E-state index in [-0.39, 0.29) is 5.56 Å². The van der Waals surface area contributed by atoms with E-state index in [4.69, 9.17) is 0 Å². The van der Waals surface area contributed by atoms with Crippen LogP contribution in [0.15, 0.2) is 42.6 Å². The fraction of sp³-hybridized carbons (Fsp3) is 0.267. The summed E-state index contributed by atoms with van der Waals surface area (Å²) in [5.41, 5.74) is 1.09. The molecule has 1 heterocycles. The molecule has 0 saturated heterocycles. The quantitative estimate of drug-likeness (QED) is 0.874. The normalized spacial score (nSPS) is 10.2. The highest BCUT2D eigenvalue weighted by Crippen LogP contribution is 2.26. The van der Waals surface area contributed by atoms with Crippen molar-refractivity contribution in [2.24, 2.45) is 0 Å². The third-order valence-electron chi connectivity index (χ3n) is 2.99. The molecule has 0 unspecified atom stereocenters. The lowest BCUT2D eigenvalue weighted by Gasteiger charge is -2.24. The monoisotopic (exact) mass is 271 g/mol. The molecule has 0 atom stereocenters. The lowest BCUT2D eigenvalue weighted by Crippen LogP contribution is -2.22. The van der Waals surface area contributed by atoms with E-state index in [2.05, 4.69) is 17.1 Å². The van der Waals surface area contributed by atoms with Crippen LogP contribution in [-0.4, -0.2) is 27.8 Å². The number of para-hydroxylation sites is 1. The van der Waals surface area contributed by atoms with Crippen LogP contribution in [0.4, 0.5) is 11.5 Å². The Morgan fingerprint density at radius 3 is 2.65 bits per heavy atom. The van der Waals surface area contributed by atoms with Gasteiger partial charge < -0.3 is 10.0 Å². The Morgan fingerprint density at radius 2 is 2.00 bits per heavy atom. The summed E-state index contributed by atoms with van der Waals surface area (Å²) >= 11 is 0. The molecule has 1 N–H and O–H groups in total. The molecule has 1 aromatic carbocycles. The maximum Gasteiger partial charge on any atom is 0.339 e. The van der Waals surface area contributed by atoms with Gasteiger partial charge in [-0.25, -0.2) is 4.79 Å². The van der Waals surface area contributed by atoms with Crippen LogP contribution in [0, 0.1) is 0 Å². The van der Waals surface area contributed by atoms with Crippen molar-refractivity contribution in [2.45, 2.75) is 19.8 Å². The van der Waals surface area contributed by atoms with Crippen molar-refractivity contribution >= 4 is 17.5 Å². The van der Waals surface area contributed by atoms with Crippen LogP contribution in [0.25, 0.3) is 0 Å².